The van der Waals surface area contributed by atoms with E-state index in [9.17, 15) is 0 Å². The van der Waals surface area contributed by atoms with Gasteiger partial charge in [-0.05, 0) is 359 Å². The molecule has 0 heterocycles. The normalized spacial score (nSPS) is 20.5. The third-order valence-corrected chi connectivity index (χ3v) is 81.7. The Hall–Kier alpha value is 2.21. The summed E-state index contributed by atoms with van der Waals surface area (Å²) in [6.45, 7) is 48.8. The van der Waals surface area contributed by atoms with Crippen LogP contribution in [0.4, 0.5) is 0 Å². The van der Waals surface area contributed by atoms with Crippen molar-refractivity contribution in [3.8, 4) is 0 Å². The summed E-state index contributed by atoms with van der Waals surface area (Å²) >= 11 is 0. The molecule has 26 nitrogen and oxygen atoms in total. The highest BCUT2D eigenvalue weighted by Gasteiger charge is 2.59. The fourth-order valence-electron chi connectivity index (χ4n) is 13.5. The second-order valence-electron chi connectivity index (χ2n) is 31.4. The zero-order valence-electron chi connectivity index (χ0n) is 65.6. The maximum absolute atomic E-state index is 7.87. The van der Waals surface area contributed by atoms with E-state index in [1.54, 1.807) is 0 Å². The van der Waals surface area contributed by atoms with Gasteiger partial charge in [-0.15, -0.1) is 0 Å². The van der Waals surface area contributed by atoms with Gasteiger partial charge in [-0.3, -0.25) is 0 Å². The maximum atomic E-state index is 7.87. The van der Waals surface area contributed by atoms with Crippen molar-refractivity contribution < 1.29 is 57.6 Å². The first kappa shape index (κ1) is 99.2. The minimum atomic E-state index is -3.40. The lowest BCUT2D eigenvalue weighted by atomic mass is 10.5. The standard InChI is InChI=1S/C56H156N12O14Si15/c1-83(2,3)69-85(7,8)71-87(10,46-22-34-58)73-89(12,48-24-36-60)75-91(14,50-26-38-62)77-93(16,52-28-40-64)79-95(18,54-30-42-66)81-97(20,56-32-44-68)82-96(19,55-31-43-67)80-94(17,53-29-41-65)78-92(15,51-27-39-63)76-90(13,49-25-37-61)74-88(11,47-23-35-59)72-86(9,45-21-33-57)70-84(4,5)6/h21-68H2,1-20H3. The van der Waals surface area contributed by atoms with E-state index < -0.39 is 128 Å². The summed E-state index contributed by atoms with van der Waals surface area (Å²) in [4.78, 5) is 0. The molecule has 41 heteroatoms. The van der Waals surface area contributed by atoms with E-state index >= 15 is 0 Å². The molecule has 0 saturated heterocycles. The summed E-state index contributed by atoms with van der Waals surface area (Å²) in [6, 6.07) is 7.47. The van der Waals surface area contributed by atoms with Crippen LogP contribution in [0, 0.1) is 0 Å². The minimum absolute atomic E-state index is 0.426. The monoisotopic (exact) mass is 1640 g/mol. The van der Waals surface area contributed by atoms with Gasteiger partial charge in [-0.1, -0.05) is 0 Å². The third-order valence-electron chi connectivity index (χ3n) is 16.3. The lowest BCUT2D eigenvalue weighted by molar-refractivity contribution is 0.233. The van der Waals surface area contributed by atoms with Gasteiger partial charge in [0.1, 0.15) is 0 Å². The van der Waals surface area contributed by atoms with E-state index in [4.69, 9.17) is 126 Å². The van der Waals surface area contributed by atoms with Gasteiger partial charge in [0.15, 0.2) is 16.6 Å². The van der Waals surface area contributed by atoms with Crippen LogP contribution < -0.4 is 68.8 Å². The Morgan fingerprint density at radius 2 is 0.247 bits per heavy atom. The first-order chi connectivity index (χ1) is 44.6. The van der Waals surface area contributed by atoms with Crippen molar-refractivity contribution >= 4 is 128 Å². The molecular formula is C56H156N12O14Si15. The minimum Gasteiger partial charge on any atom is -0.437 e. The van der Waals surface area contributed by atoms with Crippen LogP contribution in [0.1, 0.15) is 77.0 Å². The van der Waals surface area contributed by atoms with Crippen molar-refractivity contribution in [1.82, 2.24) is 0 Å². The fourth-order valence-corrected chi connectivity index (χ4v) is 95.9. The molecule has 0 aliphatic heterocycles. The summed E-state index contributed by atoms with van der Waals surface area (Å²) in [7, 11) is -45.7. The first-order valence-electron chi connectivity index (χ1n) is 36.9. The van der Waals surface area contributed by atoms with Crippen molar-refractivity contribution in [2.75, 3.05) is 78.5 Å². The van der Waals surface area contributed by atoms with E-state index in [2.05, 4.69) is 131 Å². The highest BCUT2D eigenvalue weighted by Crippen LogP contribution is 2.42. The average Bonchev–Trinajstić information content (AvgIpc) is 0.803. The molecule has 12 atom stereocenters. The number of hydrogen-bond donors (Lipinski definition) is 12. The summed E-state index contributed by atoms with van der Waals surface area (Å²) in [5.41, 5.74) is 76.4. The van der Waals surface area contributed by atoms with Gasteiger partial charge in [-0.2, -0.15) is 0 Å². The SMILES string of the molecule is C[Si](C)(C)O[Si](C)(C)O[Si](C)(CCCN)O[Si](C)(CCCN)O[Si](C)(CCCN)O[Si](C)(CCCN)O[Si](C)(CCCN)O[Si](C)(CCCN)O[Si](C)(CCCN)O[Si](C)(CCCN)O[Si](C)(CCCN)O[Si](C)(CCCN)O[Si](C)(CCCN)O[Si](C)(CCCN)O[Si](C)(C)C. The van der Waals surface area contributed by atoms with Crippen LogP contribution in [0.2, 0.25) is 203 Å². The zero-order valence-corrected chi connectivity index (χ0v) is 80.6. The van der Waals surface area contributed by atoms with E-state index in [0.29, 0.717) is 203 Å². The molecule has 0 aliphatic carbocycles. The van der Waals surface area contributed by atoms with Crippen LogP contribution in [0.5, 0.6) is 0 Å². The lowest BCUT2D eigenvalue weighted by Gasteiger charge is -2.49. The maximum Gasteiger partial charge on any atom is 0.317 e. The fraction of sp³-hybridized carbons (Fsp3) is 1.00. The van der Waals surface area contributed by atoms with Gasteiger partial charge in [0, 0.05) is 0 Å². The highest BCUT2D eigenvalue weighted by molar-refractivity contribution is 6.96. The van der Waals surface area contributed by atoms with Gasteiger partial charge in [0.05, 0.1) is 0 Å². The molecule has 0 saturated carbocycles. The van der Waals surface area contributed by atoms with Crippen molar-refractivity contribution in [1.29, 1.82) is 0 Å². The van der Waals surface area contributed by atoms with E-state index in [0.717, 1.165) is 25.3 Å². The Morgan fingerprint density at radius 1 is 0.144 bits per heavy atom. The predicted molar refractivity (Wildman–Crippen MR) is 441 cm³/mol. The van der Waals surface area contributed by atoms with Gasteiger partial charge in [0.2, 0.25) is 0 Å². The molecule has 584 valence electrons. The molecule has 0 aromatic rings. The molecular weight excluding hydrogens is 1490 g/mol. The summed E-state index contributed by atoms with van der Waals surface area (Å²) < 4.78 is 106. The molecule has 0 amide bonds. The third kappa shape index (κ3) is 42.5. The van der Waals surface area contributed by atoms with Crippen LogP contribution in [-0.2, 0) is 57.6 Å². The quantitative estimate of drug-likeness (QED) is 0.0253. The number of rotatable bonds is 64. The van der Waals surface area contributed by atoms with E-state index in [-0.39, 0.29) is 0 Å². The summed E-state index contributed by atoms with van der Waals surface area (Å²) in [5, 5.41) is 0. The molecule has 0 aliphatic rings. The number of nitrogens with two attached hydrogens (primary N) is 12. The molecule has 97 heavy (non-hydrogen) atoms. The second kappa shape index (κ2) is 45.9. The van der Waals surface area contributed by atoms with Gasteiger partial charge >= 0.3 is 111 Å². The smallest absolute Gasteiger partial charge is 0.317 e. The molecule has 0 fully saturated rings. The molecule has 0 aromatic heterocycles. The van der Waals surface area contributed by atoms with Gasteiger partial charge < -0.3 is 126 Å². The lowest BCUT2D eigenvalue weighted by Crippen LogP contribution is -2.66. The van der Waals surface area contributed by atoms with Crippen LogP contribution >= 0.6 is 0 Å². The van der Waals surface area contributed by atoms with Crippen LogP contribution in [-0.4, -0.2) is 206 Å². The van der Waals surface area contributed by atoms with Crippen LogP contribution in [0.15, 0.2) is 0 Å². The van der Waals surface area contributed by atoms with Crippen molar-refractivity contribution in [2.24, 2.45) is 68.8 Å². The van der Waals surface area contributed by atoms with Crippen molar-refractivity contribution in [3.05, 3.63) is 0 Å². The molecule has 12 unspecified atom stereocenters. The Labute approximate surface area is 609 Å². The second-order valence-corrected chi connectivity index (χ2v) is 87.3. The topological polar surface area (TPSA) is 441 Å². The molecule has 24 N–H and O–H groups in total. The Kier molecular flexibility index (Phi) is 46.9. The van der Waals surface area contributed by atoms with Gasteiger partial charge in [-0.25, -0.2) is 0 Å². The zero-order chi connectivity index (χ0) is 74.9. The van der Waals surface area contributed by atoms with Gasteiger partial charge in [0.25, 0.3) is 0 Å². The highest BCUT2D eigenvalue weighted by atomic mass is 28.5. The average molecular weight is 1640 g/mol. The molecule has 0 bridgehead atoms. The van der Waals surface area contributed by atoms with Crippen LogP contribution in [0.3, 0.4) is 0 Å². The molecule has 0 aromatic carbocycles. The summed E-state index contributed by atoms with van der Waals surface area (Å²) in [6.07, 6.45) is 8.24. The van der Waals surface area contributed by atoms with Crippen LogP contribution in [0.25, 0.3) is 0 Å². The predicted octanol–water partition coefficient (Wildman–Crippen LogP) is 8.64. The molecule has 0 spiro atoms. The van der Waals surface area contributed by atoms with E-state index in [1.807, 2.05) is 0 Å². The van der Waals surface area contributed by atoms with Crippen molar-refractivity contribution in [2.45, 2.75) is 281 Å². The largest absolute Gasteiger partial charge is 0.437 e. The first-order valence-corrected chi connectivity index (χ1v) is 76.8. The molecule has 0 rings (SSSR count). The van der Waals surface area contributed by atoms with E-state index in [1.165, 1.54) is 0 Å². The Balaban J connectivity index is 8.35. The van der Waals surface area contributed by atoms with Crippen molar-refractivity contribution in [3.63, 3.8) is 0 Å². The molecule has 0 radical (unpaired) electrons. The Bertz CT molecular complexity index is 2130. The number of hydrogen-bond acceptors (Lipinski definition) is 26. The Morgan fingerprint density at radius 3 is 0.351 bits per heavy atom. The summed E-state index contributed by atoms with van der Waals surface area (Å²) in [5.74, 6) is 0.